The standard InChI is InChI=1S/C20H20N2OS/c1-3-22(18-7-5-4-6-8-18)19(23)13-17-14-24-20(21-17)16-11-9-15(2)10-12-16/h4-12,14H,3,13H2,1-2H3. The minimum atomic E-state index is 0.0736. The van der Waals surface area contributed by atoms with Crippen LogP contribution in [-0.2, 0) is 11.2 Å². The van der Waals surface area contributed by atoms with Gasteiger partial charge in [0.15, 0.2) is 0 Å². The molecule has 0 aliphatic carbocycles. The molecule has 122 valence electrons. The van der Waals surface area contributed by atoms with E-state index in [1.54, 1.807) is 16.2 Å². The maximum absolute atomic E-state index is 12.6. The van der Waals surface area contributed by atoms with Crippen LogP contribution in [0, 0.1) is 6.92 Å². The van der Waals surface area contributed by atoms with E-state index in [-0.39, 0.29) is 5.91 Å². The van der Waals surface area contributed by atoms with E-state index in [4.69, 9.17) is 0 Å². The number of nitrogens with zero attached hydrogens (tertiary/aromatic N) is 2. The molecule has 24 heavy (non-hydrogen) atoms. The van der Waals surface area contributed by atoms with Gasteiger partial charge in [0.25, 0.3) is 0 Å². The lowest BCUT2D eigenvalue weighted by Gasteiger charge is -2.20. The number of para-hydroxylation sites is 1. The largest absolute Gasteiger partial charge is 0.312 e. The number of hydrogen-bond donors (Lipinski definition) is 0. The Balaban J connectivity index is 1.74. The van der Waals surface area contributed by atoms with Crippen LogP contribution in [0.1, 0.15) is 18.2 Å². The highest BCUT2D eigenvalue weighted by atomic mass is 32.1. The molecule has 0 bridgehead atoms. The highest BCUT2D eigenvalue weighted by molar-refractivity contribution is 7.13. The van der Waals surface area contributed by atoms with Crippen molar-refractivity contribution in [2.75, 3.05) is 11.4 Å². The topological polar surface area (TPSA) is 33.2 Å². The molecule has 0 saturated heterocycles. The normalized spacial score (nSPS) is 10.6. The van der Waals surface area contributed by atoms with Crippen LogP contribution in [0.4, 0.5) is 5.69 Å². The van der Waals surface area contributed by atoms with Crippen LogP contribution >= 0.6 is 11.3 Å². The first-order valence-corrected chi connectivity index (χ1v) is 8.92. The summed E-state index contributed by atoms with van der Waals surface area (Å²) in [6, 6.07) is 18.1. The predicted molar refractivity (Wildman–Crippen MR) is 100 cm³/mol. The van der Waals surface area contributed by atoms with Gasteiger partial charge < -0.3 is 4.90 Å². The summed E-state index contributed by atoms with van der Waals surface area (Å²) in [4.78, 5) is 19.1. The zero-order valence-electron chi connectivity index (χ0n) is 13.9. The summed E-state index contributed by atoms with van der Waals surface area (Å²) < 4.78 is 0. The molecular formula is C20H20N2OS. The van der Waals surface area contributed by atoms with Crippen molar-refractivity contribution in [3.05, 3.63) is 71.2 Å². The number of hydrogen-bond acceptors (Lipinski definition) is 3. The molecule has 3 aromatic rings. The molecule has 0 spiro atoms. The number of likely N-dealkylation sites (N-methyl/N-ethyl adjacent to an activating group) is 1. The van der Waals surface area contributed by atoms with Crippen molar-refractivity contribution in [3.8, 4) is 10.6 Å². The highest BCUT2D eigenvalue weighted by Gasteiger charge is 2.16. The number of carbonyl (C=O) groups is 1. The summed E-state index contributed by atoms with van der Waals surface area (Å²) in [7, 11) is 0. The number of amides is 1. The fourth-order valence-electron chi connectivity index (χ4n) is 2.58. The lowest BCUT2D eigenvalue weighted by atomic mass is 10.2. The number of anilines is 1. The molecule has 0 saturated carbocycles. The Kier molecular flexibility index (Phi) is 5.06. The van der Waals surface area contributed by atoms with Crippen LogP contribution in [-0.4, -0.2) is 17.4 Å². The third-order valence-electron chi connectivity index (χ3n) is 3.87. The molecule has 0 aliphatic heterocycles. The molecule has 2 aromatic carbocycles. The lowest BCUT2D eigenvalue weighted by molar-refractivity contribution is -0.118. The predicted octanol–water partition coefficient (Wildman–Crippen LogP) is 4.71. The highest BCUT2D eigenvalue weighted by Crippen LogP contribution is 2.24. The smallest absolute Gasteiger partial charge is 0.233 e. The van der Waals surface area contributed by atoms with Crippen molar-refractivity contribution in [1.29, 1.82) is 0 Å². The average molecular weight is 336 g/mol. The summed E-state index contributed by atoms with van der Waals surface area (Å²) in [6.07, 6.45) is 0.324. The number of rotatable bonds is 5. The molecule has 1 heterocycles. The Hall–Kier alpha value is -2.46. The third-order valence-corrected chi connectivity index (χ3v) is 4.81. The number of aryl methyl sites for hydroxylation is 1. The lowest BCUT2D eigenvalue weighted by Crippen LogP contribution is -2.32. The molecule has 3 nitrogen and oxygen atoms in total. The summed E-state index contributed by atoms with van der Waals surface area (Å²) in [5, 5.41) is 2.94. The van der Waals surface area contributed by atoms with E-state index in [0.29, 0.717) is 13.0 Å². The van der Waals surface area contributed by atoms with E-state index in [1.807, 2.05) is 42.6 Å². The van der Waals surface area contributed by atoms with Crippen LogP contribution in [0.25, 0.3) is 10.6 Å². The van der Waals surface area contributed by atoms with Gasteiger partial charge in [-0.25, -0.2) is 4.98 Å². The number of aromatic nitrogens is 1. The fraction of sp³-hybridized carbons (Fsp3) is 0.200. The second-order valence-electron chi connectivity index (χ2n) is 5.66. The molecule has 0 radical (unpaired) electrons. The zero-order valence-corrected chi connectivity index (χ0v) is 14.7. The van der Waals surface area contributed by atoms with Gasteiger partial charge in [-0.05, 0) is 26.0 Å². The van der Waals surface area contributed by atoms with Crippen LogP contribution in [0.15, 0.2) is 60.0 Å². The van der Waals surface area contributed by atoms with E-state index in [2.05, 4.69) is 36.2 Å². The van der Waals surface area contributed by atoms with Crippen molar-refractivity contribution >= 4 is 22.9 Å². The van der Waals surface area contributed by atoms with Crippen molar-refractivity contribution in [2.24, 2.45) is 0 Å². The Morgan fingerprint density at radius 2 is 1.79 bits per heavy atom. The third kappa shape index (κ3) is 3.71. The van der Waals surface area contributed by atoms with Gasteiger partial charge in [0.05, 0.1) is 12.1 Å². The minimum Gasteiger partial charge on any atom is -0.312 e. The second-order valence-corrected chi connectivity index (χ2v) is 6.52. The van der Waals surface area contributed by atoms with Gasteiger partial charge in [0.1, 0.15) is 5.01 Å². The minimum absolute atomic E-state index is 0.0736. The van der Waals surface area contributed by atoms with E-state index < -0.39 is 0 Å². The van der Waals surface area contributed by atoms with E-state index >= 15 is 0 Å². The summed E-state index contributed by atoms with van der Waals surface area (Å²) in [5.41, 5.74) is 4.08. The number of carbonyl (C=O) groups excluding carboxylic acids is 1. The van der Waals surface area contributed by atoms with Gasteiger partial charge in [-0.1, -0.05) is 48.0 Å². The quantitative estimate of drug-likeness (QED) is 0.676. The molecule has 0 aliphatic rings. The molecule has 0 fully saturated rings. The summed E-state index contributed by atoms with van der Waals surface area (Å²) in [6.45, 7) is 4.71. The van der Waals surface area contributed by atoms with Crippen molar-refractivity contribution in [3.63, 3.8) is 0 Å². The van der Waals surface area contributed by atoms with Crippen molar-refractivity contribution in [2.45, 2.75) is 20.3 Å². The average Bonchev–Trinajstić information content (AvgIpc) is 3.05. The van der Waals surface area contributed by atoms with Gasteiger partial charge in [0.2, 0.25) is 5.91 Å². The zero-order chi connectivity index (χ0) is 16.9. The van der Waals surface area contributed by atoms with Gasteiger partial charge in [0, 0.05) is 23.2 Å². The molecule has 0 N–H and O–H groups in total. The van der Waals surface area contributed by atoms with Gasteiger partial charge in [-0.15, -0.1) is 11.3 Å². The molecule has 0 unspecified atom stereocenters. The van der Waals surface area contributed by atoms with E-state index in [9.17, 15) is 4.79 Å². The maximum atomic E-state index is 12.6. The molecular weight excluding hydrogens is 316 g/mol. The summed E-state index contributed by atoms with van der Waals surface area (Å²) >= 11 is 1.58. The Labute approximate surface area is 146 Å². The molecule has 4 heteroatoms. The summed E-state index contributed by atoms with van der Waals surface area (Å²) in [5.74, 6) is 0.0736. The first-order valence-electron chi connectivity index (χ1n) is 8.04. The molecule has 3 rings (SSSR count). The number of thiazole rings is 1. The fourth-order valence-corrected chi connectivity index (χ4v) is 3.40. The van der Waals surface area contributed by atoms with Crippen LogP contribution in [0.2, 0.25) is 0 Å². The monoisotopic (exact) mass is 336 g/mol. The maximum Gasteiger partial charge on any atom is 0.233 e. The SMILES string of the molecule is CCN(C(=O)Cc1csc(-c2ccc(C)cc2)n1)c1ccccc1. The molecule has 1 aromatic heterocycles. The molecule has 0 atom stereocenters. The van der Waals surface area contributed by atoms with Crippen molar-refractivity contribution < 1.29 is 4.79 Å². The first-order chi connectivity index (χ1) is 11.7. The second kappa shape index (κ2) is 7.41. The molecule has 1 amide bonds. The van der Waals surface area contributed by atoms with Crippen molar-refractivity contribution in [1.82, 2.24) is 4.98 Å². The Morgan fingerprint density at radius 1 is 1.08 bits per heavy atom. The van der Waals surface area contributed by atoms with Crippen LogP contribution in [0.3, 0.4) is 0 Å². The van der Waals surface area contributed by atoms with Gasteiger partial charge in [-0.2, -0.15) is 0 Å². The van der Waals surface area contributed by atoms with E-state index in [1.165, 1.54) is 5.56 Å². The Bertz CT molecular complexity index is 809. The van der Waals surface area contributed by atoms with Gasteiger partial charge in [-0.3, -0.25) is 4.79 Å². The van der Waals surface area contributed by atoms with E-state index in [0.717, 1.165) is 22.0 Å². The Morgan fingerprint density at radius 3 is 2.46 bits per heavy atom. The van der Waals surface area contributed by atoms with Gasteiger partial charge >= 0.3 is 0 Å². The number of benzene rings is 2. The first kappa shape index (κ1) is 16.4. The van der Waals surface area contributed by atoms with Crippen LogP contribution in [0.5, 0.6) is 0 Å². The van der Waals surface area contributed by atoms with Crippen LogP contribution < -0.4 is 4.90 Å².